The van der Waals surface area contributed by atoms with Crippen LogP contribution in [0.2, 0.25) is 0 Å². The topological polar surface area (TPSA) is 143 Å². The van der Waals surface area contributed by atoms with Crippen LogP contribution in [0.25, 0.3) is 0 Å². The van der Waals surface area contributed by atoms with Crippen molar-refractivity contribution in [2.24, 2.45) is 11.8 Å². The molecule has 10 nitrogen and oxygen atoms in total. The van der Waals surface area contributed by atoms with Crippen molar-refractivity contribution in [1.82, 2.24) is 16.0 Å². The fourth-order valence-corrected chi connectivity index (χ4v) is 3.05. The van der Waals surface area contributed by atoms with E-state index in [1.54, 1.807) is 45.0 Å². The van der Waals surface area contributed by atoms with E-state index < -0.39 is 23.9 Å². The number of halogens is 1. The minimum absolute atomic E-state index is 0.105. The monoisotopic (exact) mass is 568 g/mol. The van der Waals surface area contributed by atoms with Crippen LogP contribution in [0.15, 0.2) is 24.3 Å². The van der Waals surface area contributed by atoms with Gasteiger partial charge in [0.2, 0.25) is 23.6 Å². The number of hydrogen-bond acceptors (Lipinski definition) is 6. The number of amides is 4. The van der Waals surface area contributed by atoms with Gasteiger partial charge in [-0.1, -0.05) is 46.8 Å². The minimum Gasteiger partial charge on any atom is -0.461 e. The first-order valence-corrected chi connectivity index (χ1v) is 13.8. The fraction of sp³-hybridized carbons (Fsp3) is 0.607. The molecule has 4 N–H and O–H groups in total. The number of rotatable bonds is 14. The Bertz CT molecular complexity index is 918. The number of esters is 1. The Kier molecular flexibility index (Phi) is 18.3. The van der Waals surface area contributed by atoms with Crippen molar-refractivity contribution in [3.63, 3.8) is 0 Å². The van der Waals surface area contributed by atoms with Crippen molar-refractivity contribution in [1.29, 1.82) is 0 Å². The Hall–Kier alpha value is -3.14. The van der Waals surface area contributed by atoms with Crippen molar-refractivity contribution in [2.75, 3.05) is 17.7 Å². The minimum atomic E-state index is -0.841. The van der Waals surface area contributed by atoms with Crippen molar-refractivity contribution in [2.45, 2.75) is 86.4 Å². The average Bonchev–Trinajstić information content (AvgIpc) is 2.85. The second-order valence-corrected chi connectivity index (χ2v) is 10.4. The molecule has 0 aliphatic rings. The van der Waals surface area contributed by atoms with Crippen LogP contribution in [0.3, 0.4) is 0 Å². The lowest BCUT2D eigenvalue weighted by atomic mass is 10.0. The van der Waals surface area contributed by atoms with Crippen molar-refractivity contribution >= 4 is 46.9 Å². The molecule has 2 atom stereocenters. The summed E-state index contributed by atoms with van der Waals surface area (Å²) in [7, 11) is 0. The van der Waals surface area contributed by atoms with Crippen LogP contribution in [0.5, 0.6) is 0 Å². The van der Waals surface area contributed by atoms with Crippen molar-refractivity contribution < 1.29 is 28.7 Å². The highest BCUT2D eigenvalue weighted by Crippen LogP contribution is 2.11. The highest BCUT2D eigenvalue weighted by atomic mass is 35.5. The zero-order chi connectivity index (χ0) is 30.0. The van der Waals surface area contributed by atoms with Gasteiger partial charge in [-0.25, -0.2) is 0 Å². The van der Waals surface area contributed by atoms with E-state index in [2.05, 4.69) is 42.0 Å². The number of ether oxygens (including phenoxy) is 1. The molecule has 0 radical (unpaired) electrons. The summed E-state index contributed by atoms with van der Waals surface area (Å²) in [4.78, 5) is 59.5. The Morgan fingerprint density at radius 2 is 1.44 bits per heavy atom. The summed E-state index contributed by atoms with van der Waals surface area (Å²) in [6.07, 6.45) is 1.35. The molecule has 1 aromatic rings. The van der Waals surface area contributed by atoms with Gasteiger partial charge in [0.15, 0.2) is 0 Å². The summed E-state index contributed by atoms with van der Waals surface area (Å²) in [6, 6.07) is 5.14. The van der Waals surface area contributed by atoms with Crippen LogP contribution in [0, 0.1) is 11.8 Å². The molecule has 220 valence electrons. The molecule has 1 rings (SSSR count). The number of alkyl halides is 1. The molecule has 11 heteroatoms. The fourth-order valence-electron chi connectivity index (χ4n) is 2.95. The lowest BCUT2D eigenvalue weighted by molar-refractivity contribution is -0.142. The number of hydrogen-bond donors (Lipinski definition) is 4. The Labute approximate surface area is 237 Å². The van der Waals surface area contributed by atoms with Gasteiger partial charge in [0.05, 0.1) is 0 Å². The highest BCUT2D eigenvalue weighted by Gasteiger charge is 2.26. The van der Waals surface area contributed by atoms with Gasteiger partial charge in [0, 0.05) is 25.6 Å². The predicted octanol–water partition coefficient (Wildman–Crippen LogP) is 3.52. The second-order valence-electron chi connectivity index (χ2n) is 10.2. The molecular weight excluding hydrogens is 524 g/mol. The first kappa shape index (κ1) is 35.9. The zero-order valence-corrected chi connectivity index (χ0v) is 24.9. The van der Waals surface area contributed by atoms with Crippen LogP contribution in [0.4, 0.5) is 5.69 Å². The summed E-state index contributed by atoms with van der Waals surface area (Å²) >= 11 is 5.40. The van der Waals surface area contributed by atoms with Gasteiger partial charge < -0.3 is 26.0 Å². The van der Waals surface area contributed by atoms with Gasteiger partial charge in [-0.2, -0.15) is 0 Å². The third-order valence-corrected chi connectivity index (χ3v) is 5.20. The smallest absolute Gasteiger partial charge is 0.302 e. The second kappa shape index (κ2) is 19.9. The number of unbranched alkanes of at least 4 members (excludes halogenated alkanes) is 1. The number of nitrogens with one attached hydrogen (secondary N) is 4. The van der Waals surface area contributed by atoms with Crippen LogP contribution in [-0.4, -0.2) is 54.1 Å². The maximum atomic E-state index is 12.7. The van der Waals surface area contributed by atoms with Gasteiger partial charge in [-0.05, 0) is 49.3 Å². The summed E-state index contributed by atoms with van der Waals surface area (Å²) in [5.41, 5.74) is 1.30. The van der Waals surface area contributed by atoms with E-state index in [-0.39, 0.29) is 42.6 Å². The van der Waals surface area contributed by atoms with Gasteiger partial charge in [-0.3, -0.25) is 24.0 Å². The summed E-state index contributed by atoms with van der Waals surface area (Å²) < 4.78 is 4.92. The summed E-state index contributed by atoms with van der Waals surface area (Å²) in [5.74, 6) is -1.26. The summed E-state index contributed by atoms with van der Waals surface area (Å²) in [6.45, 7) is 13.5. The molecule has 4 amide bonds. The molecule has 0 bridgehead atoms. The Morgan fingerprint density at radius 1 is 0.846 bits per heavy atom. The number of benzene rings is 1. The maximum Gasteiger partial charge on any atom is 0.302 e. The SMILES string of the molecule is CC(=O)OCc1ccc(NC(=O)[C@@H](C)NC(=O)C(NC(=O)CCCCNC(=O)CCl)C(C)C)cc1.CC(C)C. The molecule has 1 unspecified atom stereocenters. The quantitative estimate of drug-likeness (QED) is 0.154. The third-order valence-electron chi connectivity index (χ3n) is 4.96. The number of carbonyl (C=O) groups is 5. The van der Waals surface area contributed by atoms with Crippen molar-refractivity contribution in [3.8, 4) is 0 Å². The molecule has 0 saturated heterocycles. The standard InChI is InChI=1S/C24H35ClN4O6.C4H10/c1-15(2)22(29-20(31)7-5-6-12-26-21(32)13-25)24(34)27-16(3)23(33)28-19-10-8-18(9-11-19)14-35-17(4)30;1-4(2)3/h8-11,15-16,22H,5-7,12-14H2,1-4H3,(H,26,32)(H,27,34)(H,28,33)(H,29,31);4H,1-3H3/t16-,22?;/m1./s1. The Balaban J connectivity index is 0.00000336. The Morgan fingerprint density at radius 3 is 1.95 bits per heavy atom. The zero-order valence-electron chi connectivity index (χ0n) is 24.2. The van der Waals surface area contributed by atoms with Gasteiger partial charge in [0.1, 0.15) is 24.6 Å². The first-order chi connectivity index (χ1) is 18.3. The highest BCUT2D eigenvalue weighted by molar-refractivity contribution is 6.27. The normalized spacial score (nSPS) is 11.9. The molecule has 0 spiro atoms. The predicted molar refractivity (Wildman–Crippen MR) is 153 cm³/mol. The van der Waals surface area contributed by atoms with Gasteiger partial charge in [-0.15, -0.1) is 11.6 Å². The van der Waals surface area contributed by atoms with Crippen molar-refractivity contribution in [3.05, 3.63) is 29.8 Å². The lowest BCUT2D eigenvalue weighted by Gasteiger charge is -2.24. The number of anilines is 1. The van der Waals surface area contributed by atoms with Crippen LogP contribution < -0.4 is 21.3 Å². The maximum absolute atomic E-state index is 12.7. The van der Waals surface area contributed by atoms with E-state index in [1.807, 2.05) is 0 Å². The van der Waals surface area contributed by atoms with E-state index in [9.17, 15) is 24.0 Å². The molecule has 0 aliphatic carbocycles. The van der Waals surface area contributed by atoms with E-state index in [0.29, 0.717) is 25.1 Å². The van der Waals surface area contributed by atoms with Crippen LogP contribution >= 0.6 is 11.6 Å². The molecular formula is C28H45ClN4O6. The average molecular weight is 569 g/mol. The molecule has 0 fully saturated rings. The first-order valence-electron chi connectivity index (χ1n) is 13.2. The number of carbonyl (C=O) groups excluding carboxylic acids is 5. The van der Waals surface area contributed by atoms with Crippen LogP contribution in [0.1, 0.15) is 73.3 Å². The molecule has 0 aliphatic heterocycles. The van der Waals surface area contributed by atoms with E-state index in [4.69, 9.17) is 16.3 Å². The van der Waals surface area contributed by atoms with E-state index in [1.165, 1.54) is 6.92 Å². The van der Waals surface area contributed by atoms with E-state index >= 15 is 0 Å². The molecule has 0 saturated carbocycles. The van der Waals surface area contributed by atoms with E-state index in [0.717, 1.165) is 11.5 Å². The van der Waals surface area contributed by atoms with Crippen LogP contribution in [-0.2, 0) is 35.3 Å². The summed E-state index contributed by atoms with van der Waals surface area (Å²) in [5, 5.41) is 10.7. The molecule has 0 aromatic heterocycles. The molecule has 39 heavy (non-hydrogen) atoms. The molecule has 1 aromatic carbocycles. The lowest BCUT2D eigenvalue weighted by Crippen LogP contribution is -2.53. The van der Waals surface area contributed by atoms with Gasteiger partial charge >= 0.3 is 5.97 Å². The van der Waals surface area contributed by atoms with Gasteiger partial charge in [0.25, 0.3) is 0 Å². The molecule has 0 heterocycles. The third kappa shape index (κ3) is 17.9. The largest absolute Gasteiger partial charge is 0.461 e.